The van der Waals surface area contributed by atoms with Crippen LogP contribution >= 0.6 is 0 Å². The van der Waals surface area contributed by atoms with Crippen LogP contribution in [0.25, 0.3) is 27.7 Å². The van der Waals surface area contributed by atoms with Crippen LogP contribution in [0.4, 0.5) is 0 Å². The van der Waals surface area contributed by atoms with E-state index in [9.17, 15) is 5.26 Å². The number of rotatable bonds is 2. The predicted octanol–water partition coefficient (Wildman–Crippen LogP) is 4.53. The summed E-state index contributed by atoms with van der Waals surface area (Å²) >= 11 is 0. The van der Waals surface area contributed by atoms with Crippen LogP contribution < -0.4 is 0 Å². The van der Waals surface area contributed by atoms with Crippen molar-refractivity contribution in [3.63, 3.8) is 0 Å². The molecule has 0 unspecified atom stereocenters. The van der Waals surface area contributed by atoms with Gasteiger partial charge in [0.2, 0.25) is 0 Å². The van der Waals surface area contributed by atoms with Gasteiger partial charge in [-0.25, -0.2) is 4.98 Å². The molecule has 0 bridgehead atoms. The van der Waals surface area contributed by atoms with Crippen molar-refractivity contribution < 1.29 is 0 Å². The third-order valence-corrected chi connectivity index (χ3v) is 4.13. The molecule has 0 saturated carbocycles. The maximum Gasteiger partial charge on any atom is 0.137 e. The molecule has 0 spiro atoms. The number of pyridine rings is 1. The Morgan fingerprint density at radius 2 is 1.87 bits per heavy atom. The molecule has 110 valence electrons. The first-order chi connectivity index (χ1) is 11.3. The molecule has 2 heterocycles. The van der Waals surface area contributed by atoms with Crippen LogP contribution in [0.1, 0.15) is 11.3 Å². The summed E-state index contributed by atoms with van der Waals surface area (Å²) in [5.74, 6) is 0. The number of aryl methyl sites for hydroxylation is 1. The van der Waals surface area contributed by atoms with Gasteiger partial charge in [0.25, 0.3) is 0 Å². The van der Waals surface area contributed by atoms with Gasteiger partial charge in [-0.05, 0) is 35.4 Å². The molecule has 23 heavy (non-hydrogen) atoms. The standard InChI is InChI=1S/C20H15N3/c1-14-6-9-19-22-20(18(10-11-21)23(19)13-14)17-8-7-15-4-2-3-5-16(15)12-17/h2-9,12-13H,10H2,1H3. The average Bonchev–Trinajstić information content (AvgIpc) is 2.93. The van der Waals surface area contributed by atoms with Crippen LogP contribution in [0.15, 0.2) is 60.8 Å². The zero-order valence-electron chi connectivity index (χ0n) is 12.8. The largest absolute Gasteiger partial charge is 0.302 e. The van der Waals surface area contributed by atoms with Crippen LogP contribution in [0, 0.1) is 18.3 Å². The number of aromatic nitrogens is 2. The van der Waals surface area contributed by atoms with E-state index in [0.717, 1.165) is 28.2 Å². The Balaban J connectivity index is 1.99. The van der Waals surface area contributed by atoms with Crippen LogP contribution in [0.3, 0.4) is 0 Å². The second kappa shape index (κ2) is 5.26. The number of hydrogen-bond acceptors (Lipinski definition) is 2. The fourth-order valence-electron chi connectivity index (χ4n) is 3.01. The third kappa shape index (κ3) is 2.25. The molecule has 3 heteroatoms. The molecular formula is C20H15N3. The van der Waals surface area contributed by atoms with E-state index in [1.54, 1.807) is 0 Å². The van der Waals surface area contributed by atoms with E-state index in [1.165, 1.54) is 10.8 Å². The van der Waals surface area contributed by atoms with Gasteiger partial charge in [0, 0.05) is 11.8 Å². The van der Waals surface area contributed by atoms with E-state index in [1.807, 2.05) is 41.8 Å². The van der Waals surface area contributed by atoms with Crippen molar-refractivity contribution in [1.29, 1.82) is 5.26 Å². The second-order valence-electron chi connectivity index (χ2n) is 5.74. The lowest BCUT2D eigenvalue weighted by molar-refractivity contribution is 1.04. The van der Waals surface area contributed by atoms with E-state index in [2.05, 4.69) is 36.4 Å². The van der Waals surface area contributed by atoms with Gasteiger partial charge in [-0.2, -0.15) is 5.26 Å². The van der Waals surface area contributed by atoms with Gasteiger partial charge >= 0.3 is 0 Å². The van der Waals surface area contributed by atoms with Gasteiger partial charge < -0.3 is 4.40 Å². The molecule has 2 aromatic heterocycles. The number of hydrogen-bond donors (Lipinski definition) is 0. The van der Waals surface area contributed by atoms with Crippen molar-refractivity contribution >= 4 is 16.4 Å². The normalized spacial score (nSPS) is 11.0. The SMILES string of the molecule is Cc1ccc2nc(-c3ccc4ccccc4c3)c(CC#N)n2c1. The lowest BCUT2D eigenvalue weighted by Gasteiger charge is -2.04. The minimum absolute atomic E-state index is 0.340. The van der Waals surface area contributed by atoms with Gasteiger partial charge in [0.1, 0.15) is 5.65 Å². The molecule has 0 N–H and O–H groups in total. The van der Waals surface area contributed by atoms with Crippen LogP contribution in [0.2, 0.25) is 0 Å². The first-order valence-electron chi connectivity index (χ1n) is 7.60. The van der Waals surface area contributed by atoms with Gasteiger partial charge in [-0.15, -0.1) is 0 Å². The highest BCUT2D eigenvalue weighted by Gasteiger charge is 2.14. The summed E-state index contributed by atoms with van der Waals surface area (Å²) in [6, 6.07) is 20.9. The molecule has 0 aliphatic rings. The zero-order valence-corrected chi connectivity index (χ0v) is 12.8. The lowest BCUT2D eigenvalue weighted by atomic mass is 10.0. The maximum absolute atomic E-state index is 9.22. The topological polar surface area (TPSA) is 41.1 Å². The van der Waals surface area contributed by atoms with E-state index < -0.39 is 0 Å². The summed E-state index contributed by atoms with van der Waals surface area (Å²) in [5.41, 5.74) is 4.92. The average molecular weight is 297 g/mol. The molecule has 0 aliphatic carbocycles. The van der Waals surface area contributed by atoms with E-state index in [-0.39, 0.29) is 0 Å². The van der Waals surface area contributed by atoms with Crippen LogP contribution in [-0.2, 0) is 6.42 Å². The Hall–Kier alpha value is -3.12. The minimum atomic E-state index is 0.340. The summed E-state index contributed by atoms with van der Waals surface area (Å²) in [5, 5.41) is 11.6. The fourth-order valence-corrected chi connectivity index (χ4v) is 3.01. The number of benzene rings is 2. The Labute approximate surface area is 134 Å². The Bertz CT molecular complexity index is 1070. The van der Waals surface area contributed by atoms with Gasteiger partial charge in [-0.3, -0.25) is 0 Å². The minimum Gasteiger partial charge on any atom is -0.302 e. The Morgan fingerprint density at radius 3 is 2.70 bits per heavy atom. The highest BCUT2D eigenvalue weighted by molar-refractivity contribution is 5.87. The van der Waals surface area contributed by atoms with Crippen LogP contribution in [0.5, 0.6) is 0 Å². The fraction of sp³-hybridized carbons (Fsp3) is 0.100. The molecule has 0 fully saturated rings. The van der Waals surface area contributed by atoms with Gasteiger partial charge in [0.05, 0.1) is 23.9 Å². The highest BCUT2D eigenvalue weighted by Crippen LogP contribution is 2.28. The van der Waals surface area contributed by atoms with Crippen molar-refractivity contribution in [1.82, 2.24) is 9.38 Å². The molecule has 0 aliphatic heterocycles. The first-order valence-corrected chi connectivity index (χ1v) is 7.60. The highest BCUT2D eigenvalue weighted by atomic mass is 15.0. The summed E-state index contributed by atoms with van der Waals surface area (Å²) in [6.45, 7) is 2.05. The van der Waals surface area contributed by atoms with Crippen molar-refractivity contribution in [2.24, 2.45) is 0 Å². The molecule has 0 amide bonds. The van der Waals surface area contributed by atoms with E-state index >= 15 is 0 Å². The maximum atomic E-state index is 9.22. The van der Waals surface area contributed by atoms with Crippen molar-refractivity contribution in [2.45, 2.75) is 13.3 Å². The van der Waals surface area contributed by atoms with Crippen molar-refractivity contribution in [2.75, 3.05) is 0 Å². The molecule has 3 nitrogen and oxygen atoms in total. The second-order valence-corrected chi connectivity index (χ2v) is 5.74. The summed E-state index contributed by atoms with van der Waals surface area (Å²) < 4.78 is 2.03. The number of imidazole rings is 1. The van der Waals surface area contributed by atoms with Crippen LogP contribution in [-0.4, -0.2) is 9.38 Å². The molecule has 0 saturated heterocycles. The predicted molar refractivity (Wildman–Crippen MR) is 92.2 cm³/mol. The number of fused-ring (bicyclic) bond motifs is 2. The monoisotopic (exact) mass is 297 g/mol. The smallest absolute Gasteiger partial charge is 0.137 e. The zero-order chi connectivity index (χ0) is 15.8. The summed E-state index contributed by atoms with van der Waals surface area (Å²) in [7, 11) is 0. The molecule has 0 atom stereocenters. The summed E-state index contributed by atoms with van der Waals surface area (Å²) in [6.07, 6.45) is 2.38. The van der Waals surface area contributed by atoms with Gasteiger partial charge in [0.15, 0.2) is 0 Å². The molecule has 0 radical (unpaired) electrons. The quantitative estimate of drug-likeness (QED) is 0.545. The molecular weight excluding hydrogens is 282 g/mol. The van der Waals surface area contributed by atoms with E-state index in [0.29, 0.717) is 6.42 Å². The van der Waals surface area contributed by atoms with Gasteiger partial charge in [-0.1, -0.05) is 42.5 Å². The third-order valence-electron chi connectivity index (χ3n) is 4.13. The molecule has 4 aromatic rings. The Kier molecular flexibility index (Phi) is 3.09. The molecule has 4 rings (SSSR count). The number of nitriles is 1. The number of nitrogens with zero attached hydrogens (tertiary/aromatic N) is 3. The van der Waals surface area contributed by atoms with E-state index in [4.69, 9.17) is 4.98 Å². The summed E-state index contributed by atoms with van der Waals surface area (Å²) in [4.78, 5) is 4.76. The van der Waals surface area contributed by atoms with Crippen molar-refractivity contribution in [3.8, 4) is 17.3 Å². The Morgan fingerprint density at radius 1 is 1.04 bits per heavy atom. The molecule has 2 aromatic carbocycles. The lowest BCUT2D eigenvalue weighted by Crippen LogP contribution is -1.94. The van der Waals surface area contributed by atoms with Crippen molar-refractivity contribution in [3.05, 3.63) is 72.1 Å². The first kappa shape index (κ1) is 13.5.